The SMILES string of the molecule is C=CCO/N=C(\CCC)C1=C(O)CC(C)(C)C(C(=O)OC)C1=O.CC(C)N1C(=O)c2ccccc2NS1(=O)=O.COC(=O)NS(=O)(=O)c1ccc(N)cc1.N.N#Cc1cc(Br)c(O)c(Br)c1.NS(=O)(=O)O.Nc1nc[nH]n1.O=C(O)Cn1c(=O)sc2cccc(Cl)c21.O=C(O)c1cc(Oc2ccc(C(F)(F)F)cc2Cl)ccc1[N+](=O)[O-].O=C(O)c1nc(Cl)ccc1Cl. The number of thiazole rings is 1. The number of ketones is 1. The van der Waals surface area contributed by atoms with Gasteiger partial charge in [0.2, 0.25) is 5.95 Å². The first kappa shape index (κ1) is 111. The molecule has 1 atom stereocenters. The molecule has 41 nitrogen and oxygen atoms in total. The number of halogens is 9. The third-order valence-electron chi connectivity index (χ3n) is 15.1. The maximum absolute atomic E-state index is 12.8. The number of aromatic carboxylic acids is 2. The van der Waals surface area contributed by atoms with Crippen LogP contribution < -0.4 is 41.8 Å². The number of para-hydroxylation sites is 2. The number of oxime groups is 1. The third-order valence-corrected chi connectivity index (χ3v) is 21.3. The Bertz CT molecular complexity index is 5990. The van der Waals surface area contributed by atoms with Gasteiger partial charge in [0.25, 0.3) is 21.6 Å². The molecule has 3 aromatic heterocycles. The number of methoxy groups -OCH3 is 2. The van der Waals surface area contributed by atoms with Gasteiger partial charge in [0.05, 0.1) is 98.0 Å². The molecule has 0 spiro atoms. The number of amides is 2. The second kappa shape index (κ2) is 50.3. The zero-order chi connectivity index (χ0) is 95.9. The van der Waals surface area contributed by atoms with Gasteiger partial charge < -0.3 is 62.2 Å². The van der Waals surface area contributed by atoms with Crippen LogP contribution in [0, 0.1) is 32.8 Å². The Balaban J connectivity index is 0.000000497. The summed E-state index contributed by atoms with van der Waals surface area (Å²) >= 11 is 29.8. The van der Waals surface area contributed by atoms with E-state index in [0.717, 1.165) is 53.1 Å². The summed E-state index contributed by atoms with van der Waals surface area (Å²) in [4.78, 5) is 113. The average molecular weight is 2070 g/mol. The number of carboxylic acid groups (broad SMARTS) is 3. The number of esters is 1. The van der Waals surface area contributed by atoms with Crippen LogP contribution >= 0.6 is 89.6 Å². The van der Waals surface area contributed by atoms with Gasteiger partial charge in [-0.3, -0.25) is 53.0 Å². The van der Waals surface area contributed by atoms with Crippen LogP contribution in [0.2, 0.25) is 20.2 Å². The standard InChI is InChI=1S/C17H25NO5.C14H7ClF3NO5.C10H12N2O3S.C9H6ClNO3S.C8H10N2O4S.C7H3Br2NO.C6H3Cl2NO2.C2H4N4.H3NO3S.H3N/c1-6-8-11(18-23-9-7-2)13-12(19)10-17(3,4)14(15(13)20)16(21)22-5;15-10-5-7(14(16,17)18)1-4-12(10)24-8-2-3-11(19(22)23)9(6-8)13(20)21;1-7(2)12-10(13)8-5-3-4-6-9(8)11-16(12,14)15;10-5-2-1-3-6-8(5)11(4-7(12)13)9(14)15-6;1-14-8(11)10-15(12,13)7-4-2-6(9)3-5-7;8-5-1-4(3-10)2-6(9)7(5)11;7-3-1-2-4(8)9-5(3)6(10)11;3-2-4-1-5-6-2;1-5(2,3)4;/h7,14,19H,2,6,8-10H2,1,3-5H3;1-6H,(H,20,21);3-7,11H,1-2H3;1-3H,4H2,(H,12,13);2-5H,9H2,1H3,(H,10,11);1-2,11H;1-2H,(H,10,11);1H,(H3,3,4,5,6);(H3,1,2,3,4);1H3/b18-11+;;;;;;;;;. The largest absolute Gasteiger partial charge is 0.511 e. The van der Waals surface area contributed by atoms with Crippen molar-refractivity contribution in [1.82, 2.24) is 39.9 Å². The van der Waals surface area contributed by atoms with Gasteiger partial charge in [0.1, 0.15) is 59.1 Å². The number of anilines is 3. The van der Waals surface area contributed by atoms with E-state index in [2.05, 4.69) is 78.4 Å². The highest BCUT2D eigenvalue weighted by molar-refractivity contribution is 9.11. The number of nitrogens with two attached hydrogens (primary N) is 3. The number of aliphatic carboxylic acids is 1. The number of aromatic amines is 1. The normalized spacial score (nSPS) is 13.3. The van der Waals surface area contributed by atoms with Crippen molar-refractivity contribution in [2.24, 2.45) is 21.6 Å². The number of fused-ring (bicyclic) bond motifs is 2. The van der Waals surface area contributed by atoms with E-state index in [4.69, 9.17) is 106 Å². The van der Waals surface area contributed by atoms with Crippen LogP contribution in [0.25, 0.3) is 10.2 Å². The van der Waals surface area contributed by atoms with Crippen molar-refractivity contribution >= 4 is 201 Å². The second-order valence-corrected chi connectivity index (χ2v) is 33.7. The number of nitrogens with one attached hydrogen (secondary N) is 3. The number of aromatic hydroxyl groups is 1. The van der Waals surface area contributed by atoms with Gasteiger partial charge in [-0.2, -0.15) is 35.3 Å². The number of nitro groups is 1. The van der Waals surface area contributed by atoms with E-state index >= 15 is 0 Å². The lowest BCUT2D eigenvalue weighted by Crippen LogP contribution is -2.48. The zero-order valence-corrected chi connectivity index (χ0v) is 76.0. The van der Waals surface area contributed by atoms with Crippen molar-refractivity contribution < 1.29 is 126 Å². The summed E-state index contributed by atoms with van der Waals surface area (Å²) in [5.41, 5.74) is 9.80. The van der Waals surface area contributed by atoms with E-state index < -0.39 is 117 Å². The minimum Gasteiger partial charge on any atom is -0.511 e. The summed E-state index contributed by atoms with van der Waals surface area (Å²) in [6.07, 6.45) is -1.29. The van der Waals surface area contributed by atoms with E-state index in [1.165, 1.54) is 60.5 Å². The Morgan fingerprint density at radius 1 is 0.882 bits per heavy atom. The molecule has 1 aliphatic carbocycles. The molecule has 4 heterocycles. The van der Waals surface area contributed by atoms with E-state index in [1.807, 2.05) is 13.0 Å². The topological polar surface area (TPSA) is 676 Å². The van der Waals surface area contributed by atoms with Gasteiger partial charge in [-0.15, -0.1) is 5.10 Å². The van der Waals surface area contributed by atoms with Crippen LogP contribution in [0.4, 0.5) is 41.0 Å². The number of allylic oxidation sites excluding steroid dienone is 2. The number of phenols is 1. The molecular formula is C73H76Br2Cl4F3N15O26S4. The van der Waals surface area contributed by atoms with Crippen LogP contribution in [0.5, 0.6) is 17.2 Å². The number of benzene rings is 6. The molecule has 2 aliphatic rings. The number of aromatic nitrogens is 5. The number of nitrogen functional groups attached to an aromatic ring is 2. The Morgan fingerprint density at radius 2 is 1.49 bits per heavy atom. The third kappa shape index (κ3) is 35.0. The summed E-state index contributed by atoms with van der Waals surface area (Å²) in [6.45, 7) is 12.1. The number of hydrogen-bond donors (Lipinski definition) is 13. The van der Waals surface area contributed by atoms with Gasteiger partial charge >= 0.3 is 61.5 Å². The number of Topliss-reactive ketones (excluding diaryl/α,β-unsaturated/α-hetero) is 1. The maximum Gasteiger partial charge on any atom is 0.420 e. The predicted octanol–water partition coefficient (Wildman–Crippen LogP) is 14.2. The number of carbonyl (C=O) groups is 7. The zero-order valence-electron chi connectivity index (χ0n) is 66.6. The van der Waals surface area contributed by atoms with Crippen LogP contribution in [-0.2, 0) is 72.0 Å². The summed E-state index contributed by atoms with van der Waals surface area (Å²) in [7, 11) is -9.46. The number of ether oxygens (including phenoxy) is 3. The predicted molar refractivity (Wildman–Crippen MR) is 467 cm³/mol. The van der Waals surface area contributed by atoms with Crippen LogP contribution in [0.15, 0.2) is 181 Å². The number of nitrogens with zero attached hydrogens (tertiary/aromatic N) is 8. The number of aliphatic hydroxyl groups excluding tert-OH is 1. The number of nitriles is 1. The van der Waals surface area contributed by atoms with Gasteiger partial charge in [-0.05, 0) is 155 Å². The molecule has 11 rings (SSSR count). The number of sulfonamides is 1. The average Bonchev–Trinajstić information content (AvgIpc) is 1.53. The minimum absolute atomic E-state index is 0. The molecule has 0 saturated carbocycles. The van der Waals surface area contributed by atoms with Crippen molar-refractivity contribution in [2.75, 3.05) is 37.0 Å². The fraction of sp³-hybridized carbons (Fsp3) is 0.219. The van der Waals surface area contributed by atoms with Gasteiger partial charge in [0.15, 0.2) is 11.5 Å². The quantitative estimate of drug-likeness (QED) is 0.00385. The Kier molecular flexibility index (Phi) is 43.9. The van der Waals surface area contributed by atoms with Crippen molar-refractivity contribution in [3.05, 3.63) is 235 Å². The van der Waals surface area contributed by atoms with Crippen molar-refractivity contribution in [2.45, 2.75) is 77.5 Å². The van der Waals surface area contributed by atoms with E-state index in [1.54, 1.807) is 87.0 Å². The molecule has 0 bridgehead atoms. The highest BCUT2D eigenvalue weighted by Gasteiger charge is 2.49. The van der Waals surface area contributed by atoms with Crippen LogP contribution in [-0.4, -0.2) is 164 Å². The molecule has 54 heteroatoms. The number of carbonyl (C=O) groups excluding carboxylic acids is 4. The van der Waals surface area contributed by atoms with Crippen molar-refractivity contribution in [1.29, 1.82) is 5.26 Å². The van der Waals surface area contributed by atoms with Gasteiger partial charge in [0, 0.05) is 30.3 Å². The smallest absolute Gasteiger partial charge is 0.420 e. The minimum atomic E-state index is -4.58. The molecule has 18 N–H and O–H groups in total. The fourth-order valence-corrected chi connectivity index (χ4v) is 15.2. The summed E-state index contributed by atoms with van der Waals surface area (Å²) in [6, 6.07) is 29.8. The molecule has 6 aromatic carbocycles. The summed E-state index contributed by atoms with van der Waals surface area (Å²) in [5, 5.41) is 78.9. The summed E-state index contributed by atoms with van der Waals surface area (Å²) in [5.74, 6) is -6.26. The number of hydrogen-bond acceptors (Lipinski definition) is 31. The van der Waals surface area contributed by atoms with Crippen molar-refractivity contribution in [3.63, 3.8) is 0 Å². The molecule has 127 heavy (non-hydrogen) atoms. The summed E-state index contributed by atoms with van der Waals surface area (Å²) < 4.78 is 131. The van der Waals surface area contributed by atoms with E-state index in [0.29, 0.717) is 71.3 Å². The fourth-order valence-electron chi connectivity index (χ4n) is 9.85. The first-order valence-electron chi connectivity index (χ1n) is 34.3. The monoisotopic (exact) mass is 2060 g/mol. The van der Waals surface area contributed by atoms with Crippen molar-refractivity contribution in [3.8, 4) is 23.3 Å². The Morgan fingerprint density at radius 3 is 1.97 bits per heavy atom. The molecule has 0 radical (unpaired) electrons. The molecule has 1 aliphatic heterocycles. The number of carboxylic acids is 3. The Hall–Kier alpha value is -12.1. The number of aliphatic hydroxyl groups is 1. The molecule has 2 amide bonds. The number of alkyl halides is 3. The number of H-pyrrole nitrogens is 1. The molecule has 686 valence electrons. The lowest BCUT2D eigenvalue weighted by Gasteiger charge is -2.36. The lowest BCUT2D eigenvalue weighted by atomic mass is 9.67. The second-order valence-electron chi connectivity index (χ2n) is 25.2. The highest BCUT2D eigenvalue weighted by Crippen LogP contribution is 2.43. The van der Waals surface area contributed by atoms with Gasteiger partial charge in [-0.25, -0.2) is 46.9 Å². The molecular weight excluding hydrogens is 1990 g/mol. The molecule has 9 aromatic rings. The molecule has 0 saturated heterocycles. The number of phenolic OH excluding ortho intramolecular Hbond substituents is 1. The van der Waals surface area contributed by atoms with E-state index in [9.17, 15) is 88.7 Å². The van der Waals surface area contributed by atoms with Gasteiger partial charge in [-0.1, -0.05) is 121 Å². The maximum atomic E-state index is 12.8. The highest BCUT2D eigenvalue weighted by atomic mass is 79.9. The first-order chi connectivity index (χ1) is 58.5. The first-order valence-corrected chi connectivity index (χ1v) is 42.7. The van der Waals surface area contributed by atoms with E-state index in [-0.39, 0.29) is 90.9 Å². The van der Waals surface area contributed by atoms with Crippen LogP contribution in [0.3, 0.4) is 0 Å². The molecule has 0 fully saturated rings. The molecule has 1 unspecified atom stereocenters. The number of pyridine rings is 1. The van der Waals surface area contributed by atoms with Crippen LogP contribution in [0.1, 0.15) is 96.2 Å². The number of rotatable bonds is 17. The lowest BCUT2D eigenvalue weighted by molar-refractivity contribution is -0.385. The number of nitro benzene ring substituents is 1. The Labute approximate surface area is 760 Å².